The molecule has 0 saturated heterocycles. The predicted octanol–water partition coefficient (Wildman–Crippen LogP) is 10.6. The average molecular weight is 635 g/mol. The number of hydrogen-bond acceptors (Lipinski definition) is 6. The van der Waals surface area contributed by atoms with Gasteiger partial charge in [-0.25, -0.2) is 4.99 Å². The largest absolute Gasteiger partial charge is 0.481 e. The van der Waals surface area contributed by atoms with Crippen LogP contribution < -0.4 is 5.73 Å². The van der Waals surface area contributed by atoms with Crippen molar-refractivity contribution in [3.63, 3.8) is 0 Å². The highest BCUT2D eigenvalue weighted by atomic mass is 16.5. The molecule has 1 rings (SSSR count). The fraction of sp³-hybridized carbons (Fsp3) is 0.816. The molecule has 7 nitrogen and oxygen atoms in total. The molecule has 0 saturated carbocycles. The summed E-state index contributed by atoms with van der Waals surface area (Å²) >= 11 is 0. The molecule has 262 valence electrons. The van der Waals surface area contributed by atoms with Crippen molar-refractivity contribution in [1.82, 2.24) is 0 Å². The van der Waals surface area contributed by atoms with Crippen molar-refractivity contribution >= 4 is 17.8 Å². The van der Waals surface area contributed by atoms with E-state index in [0.29, 0.717) is 13.2 Å². The first kappa shape index (κ1) is 42.9. The van der Waals surface area contributed by atoms with E-state index in [4.69, 9.17) is 20.3 Å². The fourth-order valence-corrected chi connectivity index (χ4v) is 5.19. The molecule has 0 aromatic rings. The van der Waals surface area contributed by atoms with E-state index < -0.39 is 11.9 Å². The predicted molar refractivity (Wildman–Crippen MR) is 190 cm³/mol. The molecule has 1 aliphatic heterocycles. The van der Waals surface area contributed by atoms with Crippen molar-refractivity contribution in [2.24, 2.45) is 10.7 Å². The molecule has 7 heteroatoms. The molecule has 0 aromatic heterocycles. The normalized spacial score (nSPS) is 14.4. The first-order valence-electron chi connectivity index (χ1n) is 18.7. The maximum Gasteiger partial charge on any atom is 0.311 e. The summed E-state index contributed by atoms with van der Waals surface area (Å²) in [4.78, 5) is 25.8. The molecule has 0 amide bonds. The van der Waals surface area contributed by atoms with Crippen molar-refractivity contribution in [2.75, 3.05) is 13.2 Å². The van der Waals surface area contributed by atoms with Gasteiger partial charge in [0.25, 0.3) is 0 Å². The molecule has 0 bridgehead atoms. The Hall–Kier alpha value is -2.15. The lowest BCUT2D eigenvalue weighted by molar-refractivity contribution is -0.144. The van der Waals surface area contributed by atoms with E-state index in [0.717, 1.165) is 31.6 Å². The highest BCUT2D eigenvalue weighted by molar-refractivity contribution is 5.88. The van der Waals surface area contributed by atoms with E-state index in [1.54, 1.807) is 0 Å². The lowest BCUT2D eigenvalue weighted by Gasteiger charge is -2.02. The van der Waals surface area contributed by atoms with Gasteiger partial charge < -0.3 is 20.3 Å². The molecule has 0 aromatic carbocycles. The lowest BCUT2D eigenvalue weighted by atomic mass is 10.0. The molecule has 1 atom stereocenters. The number of rotatable bonds is 30. The Labute approximate surface area is 276 Å². The molecular weight excluding hydrogens is 564 g/mol. The van der Waals surface area contributed by atoms with Crippen LogP contribution in [0.15, 0.2) is 29.5 Å². The van der Waals surface area contributed by atoms with Crippen molar-refractivity contribution < 1.29 is 24.2 Å². The van der Waals surface area contributed by atoms with Crippen LogP contribution in [-0.4, -0.2) is 42.1 Å². The maximum atomic E-state index is 11.1. The van der Waals surface area contributed by atoms with E-state index in [-0.39, 0.29) is 18.9 Å². The zero-order valence-electron chi connectivity index (χ0n) is 29.3. The SMILES string of the molecule is CCCCCCCCCCC=COC(=O)CCC(=O)O.CCCCCCCCCCCCCCCC=CC1=NC(CCN)CO1. The summed E-state index contributed by atoms with van der Waals surface area (Å²) in [5, 5.41) is 8.40. The highest BCUT2D eigenvalue weighted by Gasteiger charge is 2.15. The van der Waals surface area contributed by atoms with Crippen LogP contribution in [-0.2, 0) is 19.1 Å². The molecule has 0 radical (unpaired) electrons. The zero-order valence-corrected chi connectivity index (χ0v) is 29.3. The minimum atomic E-state index is -0.982. The summed E-state index contributed by atoms with van der Waals surface area (Å²) in [6.45, 7) is 5.90. The highest BCUT2D eigenvalue weighted by Crippen LogP contribution is 2.14. The maximum absolute atomic E-state index is 11.1. The summed E-state index contributed by atoms with van der Waals surface area (Å²) < 4.78 is 10.3. The number of nitrogens with two attached hydrogens (primary N) is 1. The summed E-state index contributed by atoms with van der Waals surface area (Å²) in [5.74, 6) is -0.669. The topological polar surface area (TPSA) is 111 Å². The number of carboxylic acids is 1. The van der Waals surface area contributed by atoms with Crippen LogP contribution in [0.2, 0.25) is 0 Å². The number of carbonyl (C=O) groups is 2. The summed E-state index contributed by atoms with van der Waals surface area (Å²) in [7, 11) is 0. The van der Waals surface area contributed by atoms with Crippen LogP contribution in [0, 0.1) is 0 Å². The Morgan fingerprint density at radius 2 is 1.22 bits per heavy atom. The quantitative estimate of drug-likeness (QED) is 0.0462. The monoisotopic (exact) mass is 635 g/mol. The van der Waals surface area contributed by atoms with Gasteiger partial charge in [0, 0.05) is 0 Å². The molecule has 0 spiro atoms. The Kier molecular flexibility index (Phi) is 33.1. The van der Waals surface area contributed by atoms with Crippen LogP contribution >= 0.6 is 0 Å². The Bertz CT molecular complexity index is 765. The van der Waals surface area contributed by atoms with Gasteiger partial charge in [-0.05, 0) is 50.8 Å². The standard InChI is InChI=1S/C22H42N2O.C16H28O4/c1-2-3-4-5-6-7-8-9-10-11-12-13-14-15-16-17-22-24-21(18-19-23)20-25-22;1-2-3-4-5-6-7-8-9-10-11-14-20-16(19)13-12-15(17)18/h16-17,21H,2-15,18-20,23H2,1H3;11,14H,2-10,12-13H2,1H3,(H,17,18). The van der Waals surface area contributed by atoms with Gasteiger partial charge >= 0.3 is 11.9 Å². The van der Waals surface area contributed by atoms with Crippen LogP contribution in [0.5, 0.6) is 0 Å². The summed E-state index contributed by atoms with van der Waals surface area (Å²) in [6, 6.07) is 0.279. The number of hydrogen-bond donors (Lipinski definition) is 2. The number of carboxylic acid groups (broad SMARTS) is 1. The number of nitrogens with zero attached hydrogens (tertiary/aromatic N) is 1. The molecular formula is C38H70N2O5. The molecule has 0 fully saturated rings. The van der Waals surface area contributed by atoms with Gasteiger partial charge in [-0.2, -0.15) is 0 Å². The van der Waals surface area contributed by atoms with E-state index in [9.17, 15) is 9.59 Å². The summed E-state index contributed by atoms with van der Waals surface area (Å²) in [6.07, 6.45) is 38.7. The minimum absolute atomic E-state index is 0.0720. The van der Waals surface area contributed by atoms with Crippen LogP contribution in [0.3, 0.4) is 0 Å². The second kappa shape index (κ2) is 34.7. The second-order valence-electron chi connectivity index (χ2n) is 12.5. The van der Waals surface area contributed by atoms with Gasteiger partial charge in [0.1, 0.15) is 6.61 Å². The number of allylic oxidation sites excluding steroid dienone is 2. The van der Waals surface area contributed by atoms with Gasteiger partial charge in [0.05, 0.1) is 25.1 Å². The molecule has 45 heavy (non-hydrogen) atoms. The van der Waals surface area contributed by atoms with Crippen molar-refractivity contribution in [1.29, 1.82) is 0 Å². The minimum Gasteiger partial charge on any atom is -0.481 e. The third-order valence-corrected chi connectivity index (χ3v) is 8.03. The molecule has 1 heterocycles. The van der Waals surface area contributed by atoms with E-state index >= 15 is 0 Å². The average Bonchev–Trinajstić information content (AvgIpc) is 3.48. The Morgan fingerprint density at radius 3 is 1.69 bits per heavy atom. The fourth-order valence-electron chi connectivity index (χ4n) is 5.19. The van der Waals surface area contributed by atoms with Crippen LogP contribution in [0.25, 0.3) is 0 Å². The third kappa shape index (κ3) is 33.0. The molecule has 1 aliphatic rings. The van der Waals surface area contributed by atoms with E-state index in [1.807, 2.05) is 12.2 Å². The number of carbonyl (C=O) groups excluding carboxylic acids is 1. The van der Waals surface area contributed by atoms with Gasteiger partial charge in [-0.3, -0.25) is 9.59 Å². The molecule has 3 N–H and O–H groups in total. The van der Waals surface area contributed by atoms with Crippen molar-refractivity contribution in [3.05, 3.63) is 24.5 Å². The van der Waals surface area contributed by atoms with Crippen molar-refractivity contribution in [2.45, 2.75) is 187 Å². The smallest absolute Gasteiger partial charge is 0.311 e. The van der Waals surface area contributed by atoms with Gasteiger partial charge in [0.15, 0.2) is 0 Å². The van der Waals surface area contributed by atoms with Gasteiger partial charge in [-0.15, -0.1) is 0 Å². The zero-order chi connectivity index (χ0) is 33.1. The lowest BCUT2D eigenvalue weighted by Crippen LogP contribution is -2.12. The van der Waals surface area contributed by atoms with Gasteiger partial charge in [0.2, 0.25) is 5.90 Å². The number of unbranched alkanes of at least 4 members (excludes halogenated alkanes) is 21. The number of aliphatic imine (C=N–C) groups is 1. The first-order valence-corrected chi connectivity index (χ1v) is 18.7. The molecule has 1 unspecified atom stereocenters. The number of esters is 1. The van der Waals surface area contributed by atoms with E-state index in [2.05, 4.69) is 24.9 Å². The first-order chi connectivity index (χ1) is 22.0. The van der Waals surface area contributed by atoms with Crippen LogP contribution in [0.1, 0.15) is 181 Å². The summed E-state index contributed by atoms with van der Waals surface area (Å²) in [5.41, 5.74) is 5.55. The Balaban J connectivity index is 0.000000884. The number of ether oxygens (including phenoxy) is 2. The Morgan fingerprint density at radius 1 is 0.756 bits per heavy atom. The van der Waals surface area contributed by atoms with Crippen LogP contribution in [0.4, 0.5) is 0 Å². The van der Waals surface area contributed by atoms with Crippen molar-refractivity contribution in [3.8, 4) is 0 Å². The molecule has 0 aliphatic carbocycles. The second-order valence-corrected chi connectivity index (χ2v) is 12.5. The van der Waals surface area contributed by atoms with Gasteiger partial charge in [-0.1, -0.05) is 142 Å². The number of aliphatic carboxylic acids is 1. The third-order valence-electron chi connectivity index (χ3n) is 8.03. The van der Waals surface area contributed by atoms with E-state index in [1.165, 1.54) is 135 Å².